The molecule has 0 aliphatic carbocycles. The highest BCUT2D eigenvalue weighted by molar-refractivity contribution is 7.89. The minimum atomic E-state index is -3.74. The van der Waals surface area contributed by atoms with Crippen LogP contribution in [0.3, 0.4) is 0 Å². The first kappa shape index (κ1) is 21.6. The molecule has 0 saturated carbocycles. The number of halogens is 1. The fourth-order valence-electron chi connectivity index (χ4n) is 3.49. The Labute approximate surface area is 176 Å². The van der Waals surface area contributed by atoms with E-state index in [1.807, 2.05) is 31.2 Å². The van der Waals surface area contributed by atoms with Crippen molar-refractivity contribution in [3.63, 3.8) is 0 Å². The predicted molar refractivity (Wildman–Crippen MR) is 113 cm³/mol. The van der Waals surface area contributed by atoms with Gasteiger partial charge in [-0.05, 0) is 43.5 Å². The number of nitrogens with one attached hydrogen (secondary N) is 1. The Morgan fingerprint density at radius 2 is 2.07 bits per heavy atom. The van der Waals surface area contributed by atoms with Crippen molar-refractivity contribution in [1.82, 2.24) is 9.62 Å². The molecule has 1 atom stereocenters. The summed E-state index contributed by atoms with van der Waals surface area (Å²) in [6.07, 6.45) is 1.29. The summed E-state index contributed by atoms with van der Waals surface area (Å²) >= 11 is 6.09. The van der Waals surface area contributed by atoms with Gasteiger partial charge in [0.2, 0.25) is 15.9 Å². The zero-order valence-electron chi connectivity index (χ0n) is 16.5. The lowest BCUT2D eigenvalue weighted by atomic mass is 9.98. The number of carbonyl (C=O) groups excluding carboxylic acids is 1. The van der Waals surface area contributed by atoms with Crippen LogP contribution in [0.1, 0.15) is 24.0 Å². The summed E-state index contributed by atoms with van der Waals surface area (Å²) < 4.78 is 32.5. The number of nitrogens with zero attached hydrogens (tertiary/aromatic N) is 1. The van der Waals surface area contributed by atoms with Crippen LogP contribution in [0.4, 0.5) is 0 Å². The second-order valence-electron chi connectivity index (χ2n) is 7.21. The van der Waals surface area contributed by atoms with Crippen molar-refractivity contribution in [2.75, 3.05) is 20.2 Å². The quantitative estimate of drug-likeness (QED) is 0.753. The van der Waals surface area contributed by atoms with Gasteiger partial charge in [0.05, 0.1) is 22.9 Å². The van der Waals surface area contributed by atoms with E-state index in [1.54, 1.807) is 0 Å². The second-order valence-corrected chi connectivity index (χ2v) is 9.55. The Morgan fingerprint density at radius 3 is 2.76 bits per heavy atom. The number of methoxy groups -OCH3 is 1. The Balaban J connectivity index is 1.67. The van der Waals surface area contributed by atoms with E-state index in [9.17, 15) is 13.2 Å². The van der Waals surface area contributed by atoms with Crippen LogP contribution in [0.5, 0.6) is 5.75 Å². The van der Waals surface area contributed by atoms with Gasteiger partial charge in [-0.2, -0.15) is 4.31 Å². The van der Waals surface area contributed by atoms with E-state index in [2.05, 4.69) is 5.32 Å². The van der Waals surface area contributed by atoms with Crippen molar-refractivity contribution in [1.29, 1.82) is 0 Å². The fraction of sp³-hybridized carbons (Fsp3) is 0.381. The molecule has 1 aliphatic heterocycles. The highest BCUT2D eigenvalue weighted by atomic mass is 35.5. The predicted octanol–water partition coefficient (Wildman–Crippen LogP) is 3.37. The van der Waals surface area contributed by atoms with Crippen LogP contribution >= 0.6 is 11.6 Å². The van der Waals surface area contributed by atoms with E-state index < -0.39 is 10.0 Å². The third-order valence-electron chi connectivity index (χ3n) is 5.07. The molecule has 1 aliphatic rings. The normalized spacial score (nSPS) is 17.7. The average Bonchev–Trinajstić information content (AvgIpc) is 2.72. The van der Waals surface area contributed by atoms with Gasteiger partial charge in [-0.15, -0.1) is 0 Å². The minimum Gasteiger partial charge on any atom is -0.495 e. The fourth-order valence-corrected chi connectivity index (χ4v) is 5.36. The van der Waals surface area contributed by atoms with Crippen molar-refractivity contribution in [2.45, 2.75) is 31.2 Å². The van der Waals surface area contributed by atoms with E-state index in [0.717, 1.165) is 11.1 Å². The molecular weight excluding hydrogens is 412 g/mol. The Bertz CT molecular complexity index is 994. The maximum atomic E-state index is 13.0. The van der Waals surface area contributed by atoms with Crippen molar-refractivity contribution in [2.24, 2.45) is 5.92 Å². The van der Waals surface area contributed by atoms with E-state index in [-0.39, 0.29) is 28.3 Å². The molecule has 1 amide bonds. The van der Waals surface area contributed by atoms with Crippen LogP contribution in [0.15, 0.2) is 47.4 Å². The third-order valence-corrected chi connectivity index (χ3v) is 7.22. The first-order valence-corrected chi connectivity index (χ1v) is 11.3. The van der Waals surface area contributed by atoms with Crippen LogP contribution in [0.25, 0.3) is 0 Å². The molecule has 3 rings (SSSR count). The molecule has 2 aromatic rings. The number of rotatable bonds is 6. The molecule has 0 spiro atoms. The van der Waals surface area contributed by atoms with Gasteiger partial charge in [0.15, 0.2) is 0 Å². The number of benzene rings is 2. The molecule has 1 N–H and O–H groups in total. The summed E-state index contributed by atoms with van der Waals surface area (Å²) in [5.41, 5.74) is 2.15. The van der Waals surface area contributed by atoms with Gasteiger partial charge in [-0.3, -0.25) is 4.79 Å². The van der Waals surface area contributed by atoms with E-state index in [0.29, 0.717) is 31.7 Å². The smallest absolute Gasteiger partial charge is 0.243 e. The van der Waals surface area contributed by atoms with Crippen molar-refractivity contribution < 1.29 is 17.9 Å². The highest BCUT2D eigenvalue weighted by Gasteiger charge is 2.33. The summed E-state index contributed by atoms with van der Waals surface area (Å²) in [4.78, 5) is 12.7. The number of piperidine rings is 1. The van der Waals surface area contributed by atoms with Gasteiger partial charge in [0.25, 0.3) is 0 Å². The first-order valence-electron chi connectivity index (χ1n) is 9.48. The Morgan fingerprint density at radius 1 is 1.28 bits per heavy atom. The highest BCUT2D eigenvalue weighted by Crippen LogP contribution is 2.30. The number of amides is 1. The summed E-state index contributed by atoms with van der Waals surface area (Å²) in [6.45, 7) is 2.97. The molecule has 156 valence electrons. The first-order chi connectivity index (χ1) is 13.8. The van der Waals surface area contributed by atoms with Gasteiger partial charge >= 0.3 is 0 Å². The molecule has 0 bridgehead atoms. The van der Waals surface area contributed by atoms with Gasteiger partial charge in [0.1, 0.15) is 5.75 Å². The molecule has 2 aromatic carbocycles. The standard InChI is InChI=1S/C21H25ClN2O4S/c1-15-5-3-6-16(11-15)13-23-21(25)17-7-4-10-24(14-17)29(26,27)18-8-9-20(28-2)19(22)12-18/h3,5-6,8-9,11-12,17H,4,7,10,13-14H2,1-2H3,(H,23,25)/t17-/m0/s1. The Hall–Kier alpha value is -2.09. The number of sulfonamides is 1. The van der Waals surface area contributed by atoms with Crippen molar-refractivity contribution in [3.05, 3.63) is 58.6 Å². The molecule has 6 nitrogen and oxygen atoms in total. The van der Waals surface area contributed by atoms with Gasteiger partial charge in [0, 0.05) is 19.6 Å². The maximum Gasteiger partial charge on any atom is 0.243 e. The van der Waals surface area contributed by atoms with Gasteiger partial charge in [-0.25, -0.2) is 8.42 Å². The van der Waals surface area contributed by atoms with Crippen molar-refractivity contribution >= 4 is 27.5 Å². The molecule has 0 aromatic heterocycles. The van der Waals surface area contributed by atoms with Crippen LogP contribution in [0.2, 0.25) is 5.02 Å². The lowest BCUT2D eigenvalue weighted by Gasteiger charge is -2.31. The third kappa shape index (κ3) is 5.10. The maximum absolute atomic E-state index is 13.0. The monoisotopic (exact) mass is 436 g/mol. The molecule has 0 unspecified atom stereocenters. The van der Waals surface area contributed by atoms with Crippen LogP contribution in [-0.2, 0) is 21.4 Å². The minimum absolute atomic E-state index is 0.101. The molecule has 1 fully saturated rings. The number of carbonyl (C=O) groups is 1. The number of aryl methyl sites for hydroxylation is 1. The van der Waals surface area contributed by atoms with Gasteiger partial charge in [-0.1, -0.05) is 41.4 Å². The summed E-state index contributed by atoms with van der Waals surface area (Å²) in [6, 6.07) is 12.3. The van der Waals surface area contributed by atoms with Crippen LogP contribution < -0.4 is 10.1 Å². The molecule has 0 radical (unpaired) electrons. The molecule has 8 heteroatoms. The topological polar surface area (TPSA) is 75.7 Å². The zero-order chi connectivity index (χ0) is 21.0. The summed E-state index contributed by atoms with van der Waals surface area (Å²) in [7, 11) is -2.26. The molecule has 29 heavy (non-hydrogen) atoms. The van der Waals surface area contributed by atoms with Gasteiger partial charge < -0.3 is 10.1 Å². The molecule has 1 heterocycles. The van der Waals surface area contributed by atoms with E-state index >= 15 is 0 Å². The van der Waals surface area contributed by atoms with Crippen LogP contribution in [0, 0.1) is 12.8 Å². The summed E-state index contributed by atoms with van der Waals surface area (Å²) in [5.74, 6) is -0.0890. The van der Waals surface area contributed by atoms with Crippen molar-refractivity contribution in [3.8, 4) is 5.75 Å². The number of hydrogen-bond acceptors (Lipinski definition) is 4. The number of hydrogen-bond donors (Lipinski definition) is 1. The van der Waals surface area contributed by atoms with E-state index in [4.69, 9.17) is 16.3 Å². The number of ether oxygens (including phenoxy) is 1. The lowest BCUT2D eigenvalue weighted by molar-refractivity contribution is -0.126. The SMILES string of the molecule is COc1ccc(S(=O)(=O)N2CCC[C@H](C(=O)NCc3cccc(C)c3)C2)cc1Cl. The second kappa shape index (κ2) is 9.15. The molecular formula is C21H25ClN2O4S. The summed E-state index contributed by atoms with van der Waals surface area (Å²) in [5, 5.41) is 3.17. The lowest BCUT2D eigenvalue weighted by Crippen LogP contribution is -2.45. The van der Waals surface area contributed by atoms with E-state index in [1.165, 1.54) is 29.6 Å². The molecule has 1 saturated heterocycles. The zero-order valence-corrected chi connectivity index (χ0v) is 18.1. The Kier molecular flexibility index (Phi) is 6.82. The van der Waals surface area contributed by atoms with Crippen LogP contribution in [-0.4, -0.2) is 38.8 Å². The largest absolute Gasteiger partial charge is 0.495 e. The average molecular weight is 437 g/mol.